The molecular formula is C12H12ClNO. The molecule has 0 spiro atoms. The second-order valence-corrected chi connectivity index (χ2v) is 4.04. The molecule has 0 amide bonds. The molecule has 1 aliphatic carbocycles. The van der Waals surface area contributed by atoms with Gasteiger partial charge in [-0.2, -0.15) is 0 Å². The summed E-state index contributed by atoms with van der Waals surface area (Å²) in [5, 5.41) is 0.371. The number of rotatable bonds is 2. The third-order valence-electron chi connectivity index (χ3n) is 2.61. The average Bonchev–Trinajstić information content (AvgIpc) is 2.74. The first kappa shape index (κ1) is 10.2. The summed E-state index contributed by atoms with van der Waals surface area (Å²) >= 11 is 5.99. The van der Waals surface area contributed by atoms with Crippen molar-refractivity contribution in [1.29, 1.82) is 0 Å². The summed E-state index contributed by atoms with van der Waals surface area (Å²) in [6.07, 6.45) is 4.88. The van der Waals surface area contributed by atoms with Gasteiger partial charge in [0.2, 0.25) is 0 Å². The summed E-state index contributed by atoms with van der Waals surface area (Å²) in [5.74, 6) is 0.0183. The summed E-state index contributed by atoms with van der Waals surface area (Å²) in [6, 6.07) is 5.17. The lowest BCUT2D eigenvalue weighted by Crippen LogP contribution is -2.03. The minimum Gasteiger partial charge on any atom is -0.398 e. The molecule has 0 fully saturated rings. The number of Topliss-reactive ketones (excluding diaryl/α,β-unsaturated/α-hetero) is 1. The molecule has 0 aromatic heterocycles. The first-order valence-electron chi connectivity index (χ1n) is 4.98. The van der Waals surface area contributed by atoms with E-state index in [-0.39, 0.29) is 5.78 Å². The van der Waals surface area contributed by atoms with Gasteiger partial charge in [-0.1, -0.05) is 23.7 Å². The van der Waals surface area contributed by atoms with Gasteiger partial charge < -0.3 is 5.73 Å². The van der Waals surface area contributed by atoms with E-state index >= 15 is 0 Å². The minimum atomic E-state index is 0.0183. The summed E-state index contributed by atoms with van der Waals surface area (Å²) in [6.45, 7) is 0. The molecule has 0 atom stereocenters. The predicted molar refractivity (Wildman–Crippen MR) is 62.1 cm³/mol. The maximum absolute atomic E-state index is 12.0. The van der Waals surface area contributed by atoms with Crippen LogP contribution >= 0.6 is 11.6 Å². The second kappa shape index (κ2) is 4.07. The quantitative estimate of drug-likeness (QED) is 0.616. The number of hydrogen-bond donors (Lipinski definition) is 1. The van der Waals surface area contributed by atoms with Crippen LogP contribution in [0.5, 0.6) is 0 Å². The van der Waals surface area contributed by atoms with Crippen molar-refractivity contribution in [3.63, 3.8) is 0 Å². The molecule has 0 saturated carbocycles. The Hall–Kier alpha value is -1.28. The molecule has 1 aromatic carbocycles. The van der Waals surface area contributed by atoms with E-state index in [9.17, 15) is 4.79 Å². The zero-order valence-corrected chi connectivity index (χ0v) is 9.05. The van der Waals surface area contributed by atoms with E-state index in [1.54, 1.807) is 18.2 Å². The fraction of sp³-hybridized carbons (Fsp3) is 0.250. The van der Waals surface area contributed by atoms with Crippen LogP contribution in [0, 0.1) is 0 Å². The number of benzene rings is 1. The van der Waals surface area contributed by atoms with Crippen LogP contribution in [0.2, 0.25) is 5.02 Å². The molecule has 0 aliphatic heterocycles. The van der Waals surface area contributed by atoms with Crippen LogP contribution in [0.3, 0.4) is 0 Å². The van der Waals surface area contributed by atoms with Crippen LogP contribution < -0.4 is 5.73 Å². The Balaban J connectivity index is 2.37. The number of carbonyl (C=O) groups excluding carboxylic acids is 1. The Morgan fingerprint density at radius 3 is 2.87 bits per heavy atom. The standard InChI is InChI=1S/C12H12ClNO/c13-11-9(6-3-7-10(11)14)12(15)8-4-1-2-5-8/h3-4,6-7H,1-2,5,14H2. The van der Waals surface area contributed by atoms with Gasteiger partial charge in [0.05, 0.1) is 10.7 Å². The molecule has 2 rings (SSSR count). The molecule has 0 bridgehead atoms. The van der Waals surface area contributed by atoms with E-state index in [2.05, 4.69) is 0 Å². The highest BCUT2D eigenvalue weighted by Gasteiger charge is 2.18. The molecule has 15 heavy (non-hydrogen) atoms. The average molecular weight is 222 g/mol. The normalized spacial score (nSPS) is 15.1. The Morgan fingerprint density at radius 2 is 2.20 bits per heavy atom. The van der Waals surface area contributed by atoms with Crippen molar-refractivity contribution in [2.24, 2.45) is 0 Å². The lowest BCUT2D eigenvalue weighted by molar-refractivity contribution is 0.103. The molecule has 1 aromatic rings. The first-order valence-corrected chi connectivity index (χ1v) is 5.35. The Bertz CT molecular complexity index is 437. The number of anilines is 1. The fourth-order valence-electron chi connectivity index (χ4n) is 1.78. The fourth-order valence-corrected chi connectivity index (χ4v) is 1.99. The third-order valence-corrected chi connectivity index (χ3v) is 3.03. The largest absolute Gasteiger partial charge is 0.398 e. The van der Waals surface area contributed by atoms with E-state index in [0.29, 0.717) is 16.3 Å². The molecule has 0 heterocycles. The first-order chi connectivity index (χ1) is 7.20. The van der Waals surface area contributed by atoms with Crippen molar-refractivity contribution >= 4 is 23.1 Å². The molecule has 1 aliphatic rings. The summed E-state index contributed by atoms with van der Waals surface area (Å²) in [7, 11) is 0. The zero-order valence-electron chi connectivity index (χ0n) is 8.29. The Kier molecular flexibility index (Phi) is 2.78. The molecule has 0 radical (unpaired) electrons. The molecule has 0 saturated heterocycles. The maximum atomic E-state index is 12.0. The number of allylic oxidation sites excluding steroid dienone is 2. The number of halogens is 1. The van der Waals surface area contributed by atoms with E-state index in [0.717, 1.165) is 24.8 Å². The van der Waals surface area contributed by atoms with E-state index in [4.69, 9.17) is 17.3 Å². The number of ketones is 1. The van der Waals surface area contributed by atoms with Crippen molar-refractivity contribution < 1.29 is 4.79 Å². The molecular weight excluding hydrogens is 210 g/mol. The van der Waals surface area contributed by atoms with Crippen LogP contribution in [0.15, 0.2) is 29.8 Å². The lowest BCUT2D eigenvalue weighted by Gasteiger charge is -2.05. The number of hydrogen-bond acceptors (Lipinski definition) is 2. The molecule has 2 nitrogen and oxygen atoms in total. The van der Waals surface area contributed by atoms with Crippen LogP contribution in [0.1, 0.15) is 29.6 Å². The topological polar surface area (TPSA) is 43.1 Å². The van der Waals surface area contributed by atoms with Crippen LogP contribution in [-0.2, 0) is 0 Å². The summed E-state index contributed by atoms with van der Waals surface area (Å²) < 4.78 is 0. The smallest absolute Gasteiger partial charge is 0.190 e. The van der Waals surface area contributed by atoms with Crippen molar-refractivity contribution in [3.8, 4) is 0 Å². The maximum Gasteiger partial charge on any atom is 0.190 e. The monoisotopic (exact) mass is 221 g/mol. The van der Waals surface area contributed by atoms with Gasteiger partial charge in [-0.25, -0.2) is 0 Å². The number of nitrogen functional groups attached to an aromatic ring is 1. The van der Waals surface area contributed by atoms with Gasteiger partial charge in [0, 0.05) is 5.56 Å². The number of carbonyl (C=O) groups is 1. The highest BCUT2D eigenvalue weighted by atomic mass is 35.5. The van der Waals surface area contributed by atoms with Gasteiger partial charge in [-0.05, 0) is 37.0 Å². The van der Waals surface area contributed by atoms with Crippen LogP contribution in [0.25, 0.3) is 0 Å². The second-order valence-electron chi connectivity index (χ2n) is 3.66. The van der Waals surface area contributed by atoms with Crippen molar-refractivity contribution in [3.05, 3.63) is 40.4 Å². The minimum absolute atomic E-state index is 0.0183. The van der Waals surface area contributed by atoms with Crippen LogP contribution in [0.4, 0.5) is 5.69 Å². The van der Waals surface area contributed by atoms with Gasteiger partial charge in [0.15, 0.2) is 5.78 Å². The highest BCUT2D eigenvalue weighted by Crippen LogP contribution is 2.28. The third kappa shape index (κ3) is 1.90. The SMILES string of the molecule is Nc1cccc(C(=O)C2=CCCC2)c1Cl. The van der Waals surface area contributed by atoms with E-state index in [1.165, 1.54) is 0 Å². The summed E-state index contributed by atoms with van der Waals surface area (Å²) in [5.41, 5.74) is 7.49. The van der Waals surface area contributed by atoms with Gasteiger partial charge in [0.25, 0.3) is 0 Å². The van der Waals surface area contributed by atoms with Crippen molar-refractivity contribution in [2.45, 2.75) is 19.3 Å². The number of nitrogens with two attached hydrogens (primary N) is 1. The lowest BCUT2D eigenvalue weighted by atomic mass is 10.0. The molecule has 78 valence electrons. The van der Waals surface area contributed by atoms with Crippen LogP contribution in [-0.4, -0.2) is 5.78 Å². The molecule has 3 heteroatoms. The predicted octanol–water partition coefficient (Wildman–Crippen LogP) is 3.22. The summed E-state index contributed by atoms with van der Waals surface area (Å²) in [4.78, 5) is 12.0. The Labute approximate surface area is 93.7 Å². The van der Waals surface area contributed by atoms with Gasteiger partial charge in [0.1, 0.15) is 0 Å². The zero-order chi connectivity index (χ0) is 10.8. The highest BCUT2D eigenvalue weighted by molar-refractivity contribution is 6.37. The van der Waals surface area contributed by atoms with Gasteiger partial charge >= 0.3 is 0 Å². The van der Waals surface area contributed by atoms with Crippen molar-refractivity contribution in [2.75, 3.05) is 5.73 Å². The Morgan fingerprint density at radius 1 is 1.40 bits per heavy atom. The van der Waals surface area contributed by atoms with E-state index < -0.39 is 0 Å². The van der Waals surface area contributed by atoms with E-state index in [1.807, 2.05) is 6.08 Å². The van der Waals surface area contributed by atoms with Gasteiger partial charge in [-0.3, -0.25) is 4.79 Å². The van der Waals surface area contributed by atoms with Crippen molar-refractivity contribution in [1.82, 2.24) is 0 Å². The molecule has 2 N–H and O–H groups in total. The molecule has 0 unspecified atom stereocenters. The van der Waals surface area contributed by atoms with Gasteiger partial charge in [-0.15, -0.1) is 0 Å².